The standard InChI is InChI=1S/C60H48N2/c1-59(2)53-29-17-15-25-45(53)47-33-31-41(35-55(47)59)61(39-19-7-5-8-20-39)57-37-51-44-24-12-14-28-50(44)58(38-52(51)43-23-11-13-27-49(43)57)62(40-21-9-6-10-22-40)42-32-34-48-46-26-16-18-30-54(46)60(3,4)56(48)36-42/h5-21,23-38,40H,22H2,1-4H3. The highest BCUT2D eigenvalue weighted by Gasteiger charge is 2.37. The molecule has 0 heterocycles. The Labute approximate surface area is 364 Å². The lowest BCUT2D eigenvalue weighted by Gasteiger charge is -2.35. The first kappa shape index (κ1) is 36.7. The van der Waals surface area contributed by atoms with E-state index in [9.17, 15) is 0 Å². The predicted octanol–water partition coefficient (Wildman–Crippen LogP) is 16.3. The van der Waals surface area contributed by atoms with Crippen LogP contribution in [0.2, 0.25) is 0 Å². The van der Waals surface area contributed by atoms with Crippen LogP contribution in [-0.4, -0.2) is 6.04 Å². The molecule has 0 aromatic heterocycles. The molecule has 1 atom stereocenters. The van der Waals surface area contributed by atoms with E-state index in [1.807, 2.05) is 0 Å². The summed E-state index contributed by atoms with van der Waals surface area (Å²) < 4.78 is 0. The average molecular weight is 797 g/mol. The zero-order valence-corrected chi connectivity index (χ0v) is 35.7. The Kier molecular flexibility index (Phi) is 8.09. The van der Waals surface area contributed by atoms with Gasteiger partial charge in [0, 0.05) is 38.7 Å². The predicted molar refractivity (Wildman–Crippen MR) is 264 cm³/mol. The van der Waals surface area contributed by atoms with Gasteiger partial charge in [0.25, 0.3) is 0 Å². The fraction of sp³-hybridized carbons (Fsp3) is 0.133. The molecule has 9 aromatic rings. The van der Waals surface area contributed by atoms with E-state index in [0.717, 1.165) is 17.8 Å². The number of rotatable bonds is 6. The molecule has 0 saturated carbocycles. The fourth-order valence-electron chi connectivity index (χ4n) is 11.2. The molecule has 0 fully saturated rings. The maximum absolute atomic E-state index is 2.62. The Morgan fingerprint density at radius 1 is 0.387 bits per heavy atom. The van der Waals surface area contributed by atoms with Crippen LogP contribution in [0.1, 0.15) is 56.4 Å². The summed E-state index contributed by atoms with van der Waals surface area (Å²) in [6, 6.07) is 66.3. The Morgan fingerprint density at radius 3 is 1.47 bits per heavy atom. The van der Waals surface area contributed by atoms with Gasteiger partial charge in [0.05, 0.1) is 17.4 Å². The molecule has 9 aromatic carbocycles. The summed E-state index contributed by atoms with van der Waals surface area (Å²) in [6.45, 7) is 9.50. The Hall–Kier alpha value is -7.16. The smallest absolute Gasteiger partial charge is 0.0560 e. The van der Waals surface area contributed by atoms with Crippen molar-refractivity contribution in [1.82, 2.24) is 0 Å². The number of hydrogen-bond donors (Lipinski definition) is 0. The van der Waals surface area contributed by atoms with Crippen LogP contribution in [0.3, 0.4) is 0 Å². The van der Waals surface area contributed by atoms with Gasteiger partial charge in [0.1, 0.15) is 0 Å². The molecule has 0 bridgehead atoms. The lowest BCUT2D eigenvalue weighted by molar-refractivity contribution is 0.659. The number of para-hydroxylation sites is 1. The molecule has 0 spiro atoms. The third kappa shape index (κ3) is 5.36. The van der Waals surface area contributed by atoms with Crippen molar-refractivity contribution in [3.8, 4) is 22.3 Å². The lowest BCUT2D eigenvalue weighted by atomic mass is 9.82. The molecule has 0 aliphatic heterocycles. The van der Waals surface area contributed by atoms with Crippen LogP contribution in [0, 0.1) is 0 Å². The topological polar surface area (TPSA) is 6.48 Å². The zero-order chi connectivity index (χ0) is 41.7. The van der Waals surface area contributed by atoms with Crippen LogP contribution in [0.15, 0.2) is 200 Å². The van der Waals surface area contributed by atoms with Gasteiger partial charge in [-0.3, -0.25) is 0 Å². The summed E-state index contributed by atoms with van der Waals surface area (Å²) in [5, 5.41) is 7.46. The van der Waals surface area contributed by atoms with Crippen molar-refractivity contribution in [2.24, 2.45) is 0 Å². The second-order valence-electron chi connectivity index (χ2n) is 18.4. The first-order valence-corrected chi connectivity index (χ1v) is 22.1. The van der Waals surface area contributed by atoms with E-state index < -0.39 is 0 Å². The Bertz CT molecular complexity index is 3350. The highest BCUT2D eigenvalue weighted by molar-refractivity contribution is 6.24. The first-order chi connectivity index (χ1) is 30.3. The minimum absolute atomic E-state index is 0.100. The van der Waals surface area contributed by atoms with Crippen molar-refractivity contribution in [2.75, 3.05) is 9.80 Å². The normalized spacial score (nSPS) is 16.3. The molecular weight excluding hydrogens is 749 g/mol. The van der Waals surface area contributed by atoms with E-state index in [4.69, 9.17) is 0 Å². The number of anilines is 5. The summed E-state index contributed by atoms with van der Waals surface area (Å²) in [5.41, 5.74) is 16.6. The van der Waals surface area contributed by atoms with Crippen LogP contribution >= 0.6 is 0 Å². The number of fused-ring (bicyclic) bond motifs is 11. The molecule has 0 saturated heterocycles. The average Bonchev–Trinajstić information content (AvgIpc) is 3.69. The lowest BCUT2D eigenvalue weighted by Crippen LogP contribution is -2.30. The summed E-state index contributed by atoms with van der Waals surface area (Å²) >= 11 is 0. The molecule has 0 N–H and O–H groups in total. The number of allylic oxidation sites excluding steroid dienone is 2. The van der Waals surface area contributed by atoms with Crippen molar-refractivity contribution in [3.05, 3.63) is 222 Å². The molecule has 2 heteroatoms. The van der Waals surface area contributed by atoms with Crippen molar-refractivity contribution in [1.29, 1.82) is 0 Å². The highest BCUT2D eigenvalue weighted by atomic mass is 15.2. The highest BCUT2D eigenvalue weighted by Crippen LogP contribution is 2.54. The monoisotopic (exact) mass is 796 g/mol. The van der Waals surface area contributed by atoms with E-state index in [1.54, 1.807) is 0 Å². The van der Waals surface area contributed by atoms with Gasteiger partial charge in [-0.05, 0) is 121 Å². The fourth-order valence-corrected chi connectivity index (χ4v) is 11.2. The van der Waals surface area contributed by atoms with Crippen molar-refractivity contribution < 1.29 is 0 Å². The van der Waals surface area contributed by atoms with E-state index in [-0.39, 0.29) is 16.9 Å². The summed E-state index contributed by atoms with van der Waals surface area (Å²) in [6.07, 6.45) is 10.0. The number of benzene rings is 9. The molecule has 12 rings (SSSR count). The van der Waals surface area contributed by atoms with Gasteiger partial charge in [-0.2, -0.15) is 0 Å². The number of hydrogen-bond acceptors (Lipinski definition) is 2. The maximum atomic E-state index is 2.62. The second kappa shape index (κ2) is 13.7. The van der Waals surface area contributed by atoms with Gasteiger partial charge < -0.3 is 9.80 Å². The van der Waals surface area contributed by atoms with Gasteiger partial charge in [0.15, 0.2) is 0 Å². The summed E-state index contributed by atoms with van der Waals surface area (Å²) in [5.74, 6) is 0. The van der Waals surface area contributed by atoms with Crippen LogP contribution < -0.4 is 9.80 Å². The van der Waals surface area contributed by atoms with Crippen LogP contribution in [-0.2, 0) is 10.8 Å². The maximum Gasteiger partial charge on any atom is 0.0560 e. The summed E-state index contributed by atoms with van der Waals surface area (Å²) in [7, 11) is 0. The van der Waals surface area contributed by atoms with E-state index in [1.165, 1.54) is 93.9 Å². The summed E-state index contributed by atoms with van der Waals surface area (Å²) in [4.78, 5) is 5.10. The van der Waals surface area contributed by atoms with Crippen molar-refractivity contribution in [2.45, 2.75) is 51.0 Å². The molecule has 0 radical (unpaired) electrons. The number of nitrogens with zero attached hydrogens (tertiary/aromatic N) is 2. The quantitative estimate of drug-likeness (QED) is 0.155. The van der Waals surface area contributed by atoms with Crippen LogP contribution in [0.4, 0.5) is 28.4 Å². The molecule has 2 nitrogen and oxygen atoms in total. The second-order valence-corrected chi connectivity index (χ2v) is 18.4. The molecular formula is C60H48N2. The van der Waals surface area contributed by atoms with E-state index in [2.05, 4.69) is 238 Å². The molecule has 3 aliphatic rings. The molecule has 62 heavy (non-hydrogen) atoms. The van der Waals surface area contributed by atoms with Crippen LogP contribution in [0.25, 0.3) is 54.6 Å². The van der Waals surface area contributed by atoms with Gasteiger partial charge in [0.2, 0.25) is 0 Å². The molecule has 298 valence electrons. The minimum Gasteiger partial charge on any atom is -0.334 e. The SMILES string of the molecule is CC1(C)c2ccccc2-c2ccc(N(c3ccccc3)c3cc4c5ccccc5c(N(c5ccc6c(c5)C(C)(C)c5ccccc5-6)C5C=CC=CC5)cc4c4ccccc34)cc21. The Balaban J connectivity index is 1.10. The van der Waals surface area contributed by atoms with Gasteiger partial charge in [-0.25, -0.2) is 0 Å². The van der Waals surface area contributed by atoms with Crippen molar-refractivity contribution in [3.63, 3.8) is 0 Å². The van der Waals surface area contributed by atoms with Crippen molar-refractivity contribution >= 4 is 60.8 Å². The molecule has 3 aliphatic carbocycles. The Morgan fingerprint density at radius 2 is 0.871 bits per heavy atom. The van der Waals surface area contributed by atoms with Gasteiger partial charge in [-0.15, -0.1) is 0 Å². The minimum atomic E-state index is -0.115. The third-order valence-electron chi connectivity index (χ3n) is 14.3. The first-order valence-electron chi connectivity index (χ1n) is 22.1. The van der Waals surface area contributed by atoms with E-state index in [0.29, 0.717) is 0 Å². The van der Waals surface area contributed by atoms with Gasteiger partial charge >= 0.3 is 0 Å². The van der Waals surface area contributed by atoms with E-state index >= 15 is 0 Å². The third-order valence-corrected chi connectivity index (χ3v) is 14.3. The molecule has 1 unspecified atom stereocenters. The zero-order valence-electron chi connectivity index (χ0n) is 35.7. The van der Waals surface area contributed by atoms with Crippen LogP contribution in [0.5, 0.6) is 0 Å². The largest absolute Gasteiger partial charge is 0.334 e. The molecule has 0 amide bonds. The van der Waals surface area contributed by atoms with Gasteiger partial charge in [-0.1, -0.05) is 179 Å².